The first-order valence-electron chi connectivity index (χ1n) is 9.36. The van der Waals surface area contributed by atoms with Crippen LogP contribution in [0.15, 0.2) is 103 Å². The van der Waals surface area contributed by atoms with Crippen molar-refractivity contribution in [1.82, 2.24) is 9.97 Å². The summed E-state index contributed by atoms with van der Waals surface area (Å²) in [6, 6.07) is 35.1. The zero-order valence-corrected chi connectivity index (χ0v) is 15.3. The molecule has 2 aromatic heterocycles. The van der Waals surface area contributed by atoms with Crippen LogP contribution in [0.4, 0.5) is 0 Å². The standard InChI is InChI=1S/C26H18N2/c1-2-8-19(9-3-1)18-22(25-16-14-20-10-4-6-12-23(20)27-25)26-17-15-21-11-5-7-13-24(21)28-26/h1-18H. The minimum absolute atomic E-state index is 0.922. The molecular formula is C26H18N2. The molecule has 0 bridgehead atoms. The average Bonchev–Trinajstić information content (AvgIpc) is 2.77. The highest BCUT2D eigenvalue weighted by Crippen LogP contribution is 2.27. The van der Waals surface area contributed by atoms with E-state index in [4.69, 9.17) is 9.97 Å². The molecule has 2 heteroatoms. The second kappa shape index (κ2) is 7.09. The SMILES string of the molecule is C(=C(c1ccc2ccccc2n1)c1ccc2ccccc2n1)c1ccccc1. The molecule has 28 heavy (non-hydrogen) atoms. The van der Waals surface area contributed by atoms with Crippen LogP contribution in [-0.4, -0.2) is 9.97 Å². The van der Waals surface area contributed by atoms with Gasteiger partial charge < -0.3 is 0 Å². The number of para-hydroxylation sites is 2. The molecule has 132 valence electrons. The highest BCUT2D eigenvalue weighted by Gasteiger charge is 2.10. The molecule has 0 atom stereocenters. The Kier molecular flexibility index (Phi) is 4.15. The number of hydrogen-bond acceptors (Lipinski definition) is 2. The molecule has 0 aliphatic carbocycles. The van der Waals surface area contributed by atoms with Gasteiger partial charge in [0, 0.05) is 16.3 Å². The van der Waals surface area contributed by atoms with E-state index in [1.165, 1.54) is 0 Å². The topological polar surface area (TPSA) is 25.8 Å². The third-order valence-corrected chi connectivity index (χ3v) is 4.86. The molecule has 0 aliphatic rings. The zero-order valence-electron chi connectivity index (χ0n) is 15.3. The molecule has 0 saturated carbocycles. The smallest absolute Gasteiger partial charge is 0.0731 e. The Bertz CT molecular complexity index is 1220. The summed E-state index contributed by atoms with van der Waals surface area (Å²) in [7, 11) is 0. The first-order valence-corrected chi connectivity index (χ1v) is 9.36. The monoisotopic (exact) mass is 358 g/mol. The Morgan fingerprint density at radius 1 is 0.500 bits per heavy atom. The van der Waals surface area contributed by atoms with Crippen molar-refractivity contribution in [2.24, 2.45) is 0 Å². The highest BCUT2D eigenvalue weighted by atomic mass is 14.7. The largest absolute Gasteiger partial charge is 0.248 e. The molecule has 5 aromatic rings. The predicted octanol–water partition coefficient (Wildman–Crippen LogP) is 6.37. The van der Waals surface area contributed by atoms with Crippen molar-refractivity contribution in [2.75, 3.05) is 0 Å². The highest BCUT2D eigenvalue weighted by molar-refractivity contribution is 5.93. The summed E-state index contributed by atoms with van der Waals surface area (Å²) < 4.78 is 0. The second-order valence-corrected chi connectivity index (χ2v) is 6.75. The second-order valence-electron chi connectivity index (χ2n) is 6.75. The van der Waals surface area contributed by atoms with E-state index in [2.05, 4.69) is 54.6 Å². The van der Waals surface area contributed by atoms with Crippen molar-refractivity contribution in [1.29, 1.82) is 0 Å². The van der Waals surface area contributed by atoms with Crippen molar-refractivity contribution in [3.8, 4) is 0 Å². The van der Waals surface area contributed by atoms with Crippen LogP contribution in [0, 0.1) is 0 Å². The van der Waals surface area contributed by atoms with Crippen LogP contribution in [-0.2, 0) is 0 Å². The van der Waals surface area contributed by atoms with Gasteiger partial charge in [-0.15, -0.1) is 0 Å². The predicted molar refractivity (Wildman–Crippen MR) is 117 cm³/mol. The molecule has 5 rings (SSSR count). The number of pyridine rings is 2. The van der Waals surface area contributed by atoms with Crippen LogP contribution in [0.3, 0.4) is 0 Å². The van der Waals surface area contributed by atoms with Crippen molar-refractivity contribution >= 4 is 33.5 Å². The lowest BCUT2D eigenvalue weighted by Crippen LogP contribution is -1.96. The molecule has 2 heterocycles. The normalized spacial score (nSPS) is 10.9. The summed E-state index contributed by atoms with van der Waals surface area (Å²) in [6.45, 7) is 0. The van der Waals surface area contributed by atoms with Crippen molar-refractivity contribution in [3.05, 3.63) is 120 Å². The van der Waals surface area contributed by atoms with Gasteiger partial charge in [0.1, 0.15) is 0 Å². The fourth-order valence-electron chi connectivity index (χ4n) is 3.43. The Hall–Kier alpha value is -3.78. The number of benzene rings is 3. The molecule has 0 radical (unpaired) electrons. The summed E-state index contributed by atoms with van der Waals surface area (Å²) in [5.74, 6) is 0. The molecule has 0 amide bonds. The third kappa shape index (κ3) is 3.17. The molecule has 0 spiro atoms. The number of fused-ring (bicyclic) bond motifs is 2. The molecule has 2 nitrogen and oxygen atoms in total. The van der Waals surface area contributed by atoms with E-state index >= 15 is 0 Å². The lowest BCUT2D eigenvalue weighted by molar-refractivity contribution is 1.29. The number of nitrogens with zero attached hydrogens (tertiary/aromatic N) is 2. The van der Waals surface area contributed by atoms with E-state index in [0.29, 0.717) is 0 Å². The molecule has 0 aliphatic heterocycles. The van der Waals surface area contributed by atoms with E-state index in [0.717, 1.165) is 44.3 Å². The maximum absolute atomic E-state index is 4.92. The third-order valence-electron chi connectivity index (χ3n) is 4.86. The van der Waals surface area contributed by atoms with E-state index in [9.17, 15) is 0 Å². The first-order chi connectivity index (χ1) is 13.9. The van der Waals surface area contributed by atoms with Crippen LogP contribution in [0.5, 0.6) is 0 Å². The minimum Gasteiger partial charge on any atom is -0.248 e. The van der Waals surface area contributed by atoms with Gasteiger partial charge in [0.05, 0.1) is 22.4 Å². The quantitative estimate of drug-likeness (QED) is 0.374. The van der Waals surface area contributed by atoms with E-state index in [1.807, 2.05) is 54.6 Å². The van der Waals surface area contributed by atoms with Gasteiger partial charge in [0.25, 0.3) is 0 Å². The van der Waals surface area contributed by atoms with Gasteiger partial charge in [0.2, 0.25) is 0 Å². The molecule has 0 saturated heterocycles. The van der Waals surface area contributed by atoms with Crippen molar-refractivity contribution in [3.63, 3.8) is 0 Å². The van der Waals surface area contributed by atoms with E-state index < -0.39 is 0 Å². The minimum atomic E-state index is 0.922. The molecule has 0 fully saturated rings. The Morgan fingerprint density at radius 2 is 1.00 bits per heavy atom. The summed E-state index contributed by atoms with van der Waals surface area (Å²) in [6.07, 6.45) is 2.16. The van der Waals surface area contributed by atoms with Crippen LogP contribution < -0.4 is 0 Å². The summed E-state index contributed by atoms with van der Waals surface area (Å²) in [4.78, 5) is 9.84. The van der Waals surface area contributed by atoms with E-state index in [-0.39, 0.29) is 0 Å². The summed E-state index contributed by atoms with van der Waals surface area (Å²) in [5, 5.41) is 2.27. The van der Waals surface area contributed by atoms with Gasteiger partial charge in [0.15, 0.2) is 0 Å². The van der Waals surface area contributed by atoms with Crippen molar-refractivity contribution < 1.29 is 0 Å². The Labute approximate surface area is 163 Å². The van der Waals surface area contributed by atoms with Gasteiger partial charge in [-0.3, -0.25) is 0 Å². The fourth-order valence-corrected chi connectivity index (χ4v) is 3.43. The van der Waals surface area contributed by atoms with E-state index in [1.54, 1.807) is 0 Å². The van der Waals surface area contributed by atoms with Crippen LogP contribution in [0.1, 0.15) is 17.0 Å². The fraction of sp³-hybridized carbons (Fsp3) is 0. The maximum atomic E-state index is 4.92. The number of rotatable bonds is 3. The lowest BCUT2D eigenvalue weighted by Gasteiger charge is -2.10. The Balaban J connectivity index is 1.72. The van der Waals surface area contributed by atoms with Gasteiger partial charge >= 0.3 is 0 Å². The maximum Gasteiger partial charge on any atom is 0.0731 e. The zero-order chi connectivity index (χ0) is 18.8. The van der Waals surface area contributed by atoms with Crippen molar-refractivity contribution in [2.45, 2.75) is 0 Å². The van der Waals surface area contributed by atoms with Gasteiger partial charge in [-0.25, -0.2) is 9.97 Å². The summed E-state index contributed by atoms with van der Waals surface area (Å²) >= 11 is 0. The van der Waals surface area contributed by atoms with Gasteiger partial charge in [-0.05, 0) is 35.9 Å². The van der Waals surface area contributed by atoms with Crippen LogP contribution in [0.25, 0.3) is 33.5 Å². The van der Waals surface area contributed by atoms with Gasteiger partial charge in [-0.2, -0.15) is 0 Å². The Morgan fingerprint density at radius 3 is 1.57 bits per heavy atom. The lowest BCUT2D eigenvalue weighted by atomic mass is 10.0. The molecular weight excluding hydrogens is 340 g/mol. The van der Waals surface area contributed by atoms with Gasteiger partial charge in [-0.1, -0.05) is 78.9 Å². The first kappa shape index (κ1) is 16.4. The van der Waals surface area contributed by atoms with Crippen LogP contribution in [0.2, 0.25) is 0 Å². The molecule has 0 unspecified atom stereocenters. The number of aromatic nitrogens is 2. The van der Waals surface area contributed by atoms with Crippen LogP contribution >= 0.6 is 0 Å². The summed E-state index contributed by atoms with van der Waals surface area (Å²) in [5.41, 5.74) is 5.96. The molecule has 3 aromatic carbocycles. The molecule has 0 N–H and O–H groups in total. The average molecular weight is 358 g/mol. The number of hydrogen-bond donors (Lipinski definition) is 0.